The summed E-state index contributed by atoms with van der Waals surface area (Å²) in [5.74, 6) is 0.217. The first-order chi connectivity index (χ1) is 6.11. The van der Waals surface area contributed by atoms with E-state index in [1.54, 1.807) is 12.1 Å². The third kappa shape index (κ3) is 3.00. The summed E-state index contributed by atoms with van der Waals surface area (Å²) in [6, 6.07) is 4.81. The molecule has 0 saturated carbocycles. The molecule has 0 bridgehead atoms. The molecule has 0 atom stereocenters. The molecule has 0 heterocycles. The van der Waals surface area contributed by atoms with Gasteiger partial charge >= 0.3 is 0 Å². The van der Waals surface area contributed by atoms with Gasteiger partial charge < -0.3 is 5.73 Å². The van der Waals surface area contributed by atoms with Gasteiger partial charge in [0.15, 0.2) is 5.17 Å². The zero-order chi connectivity index (χ0) is 9.84. The van der Waals surface area contributed by atoms with Crippen molar-refractivity contribution in [2.24, 2.45) is 5.73 Å². The Kier molecular flexibility index (Phi) is 3.74. The second-order valence-corrected chi connectivity index (χ2v) is 4.18. The van der Waals surface area contributed by atoms with Gasteiger partial charge in [0.1, 0.15) is 5.82 Å². The number of thioether (sulfide) groups is 1. The van der Waals surface area contributed by atoms with Crippen molar-refractivity contribution in [3.05, 3.63) is 34.1 Å². The number of hydrogen-bond acceptors (Lipinski definition) is 2. The van der Waals surface area contributed by atoms with E-state index in [1.165, 1.54) is 17.8 Å². The number of amidine groups is 1. The van der Waals surface area contributed by atoms with E-state index in [2.05, 4.69) is 15.9 Å². The highest BCUT2D eigenvalue weighted by Crippen LogP contribution is 2.23. The Bertz CT molecular complexity index is 330. The van der Waals surface area contributed by atoms with Gasteiger partial charge in [0, 0.05) is 5.75 Å². The maximum atomic E-state index is 13.0. The van der Waals surface area contributed by atoms with Crippen LogP contribution in [0.15, 0.2) is 22.7 Å². The van der Waals surface area contributed by atoms with Gasteiger partial charge in [-0.1, -0.05) is 23.9 Å². The summed E-state index contributed by atoms with van der Waals surface area (Å²) in [5, 5.41) is 7.04. The highest BCUT2D eigenvalue weighted by atomic mass is 79.9. The Balaban J connectivity index is 2.77. The molecule has 0 fully saturated rings. The summed E-state index contributed by atoms with van der Waals surface area (Å²) in [6.45, 7) is 0. The van der Waals surface area contributed by atoms with Gasteiger partial charge in [-0.2, -0.15) is 0 Å². The minimum absolute atomic E-state index is 0.0381. The zero-order valence-corrected chi connectivity index (χ0v) is 9.08. The Hall–Kier alpha value is -0.550. The molecule has 0 radical (unpaired) electrons. The van der Waals surface area contributed by atoms with Crippen molar-refractivity contribution in [3.63, 3.8) is 0 Å². The third-order valence-corrected chi connectivity index (χ3v) is 3.07. The Morgan fingerprint density at radius 3 is 2.92 bits per heavy atom. The van der Waals surface area contributed by atoms with E-state index in [4.69, 9.17) is 11.1 Å². The van der Waals surface area contributed by atoms with Gasteiger partial charge in [0.25, 0.3) is 0 Å². The molecule has 1 aromatic carbocycles. The molecule has 3 N–H and O–H groups in total. The van der Waals surface area contributed by atoms with E-state index in [0.717, 1.165) is 5.56 Å². The fraction of sp³-hybridized carbons (Fsp3) is 0.125. The second-order valence-electron chi connectivity index (χ2n) is 2.37. The van der Waals surface area contributed by atoms with Crippen LogP contribution in [0.4, 0.5) is 4.39 Å². The fourth-order valence-corrected chi connectivity index (χ4v) is 1.96. The average Bonchev–Trinajstić information content (AvgIpc) is 2.07. The zero-order valence-electron chi connectivity index (χ0n) is 6.68. The lowest BCUT2D eigenvalue weighted by Gasteiger charge is -2.03. The number of benzene rings is 1. The Morgan fingerprint density at radius 1 is 1.62 bits per heavy atom. The molecule has 0 unspecified atom stereocenters. The van der Waals surface area contributed by atoms with Gasteiger partial charge in [-0.25, -0.2) is 4.39 Å². The van der Waals surface area contributed by atoms with Crippen molar-refractivity contribution in [2.45, 2.75) is 5.75 Å². The van der Waals surface area contributed by atoms with E-state index >= 15 is 0 Å². The monoisotopic (exact) mass is 262 g/mol. The summed E-state index contributed by atoms with van der Waals surface area (Å²) in [4.78, 5) is 0. The van der Waals surface area contributed by atoms with Crippen molar-refractivity contribution in [1.82, 2.24) is 0 Å². The molecule has 0 aromatic heterocycles. The van der Waals surface area contributed by atoms with Crippen LogP contribution in [0.5, 0.6) is 0 Å². The summed E-state index contributed by atoms with van der Waals surface area (Å²) < 4.78 is 13.4. The molecule has 0 aliphatic rings. The summed E-state index contributed by atoms with van der Waals surface area (Å²) in [5.41, 5.74) is 5.97. The van der Waals surface area contributed by atoms with Gasteiger partial charge in [-0.05, 0) is 27.6 Å². The standard InChI is InChI=1S/C8H8BrFN2S/c9-7-5(4-13-8(11)12)2-1-3-6(7)10/h1-3H,4H2,(H3,11,12). The fourth-order valence-electron chi connectivity index (χ4n) is 0.815. The molecule has 13 heavy (non-hydrogen) atoms. The van der Waals surface area contributed by atoms with Crippen LogP contribution in [0, 0.1) is 11.2 Å². The largest absolute Gasteiger partial charge is 0.379 e. The SMILES string of the molecule is N=C(N)SCc1cccc(F)c1Br. The number of rotatable bonds is 2. The van der Waals surface area contributed by atoms with Crippen molar-refractivity contribution in [2.75, 3.05) is 0 Å². The first-order valence-corrected chi connectivity index (χ1v) is 5.29. The third-order valence-electron chi connectivity index (χ3n) is 1.41. The molecule has 0 aliphatic carbocycles. The van der Waals surface area contributed by atoms with Crippen molar-refractivity contribution >= 4 is 32.9 Å². The number of halogens is 2. The highest BCUT2D eigenvalue weighted by molar-refractivity contribution is 9.10. The summed E-state index contributed by atoms with van der Waals surface area (Å²) in [6.07, 6.45) is 0. The van der Waals surface area contributed by atoms with E-state index in [-0.39, 0.29) is 11.0 Å². The minimum Gasteiger partial charge on any atom is -0.379 e. The van der Waals surface area contributed by atoms with Crippen LogP contribution in [0.3, 0.4) is 0 Å². The lowest BCUT2D eigenvalue weighted by molar-refractivity contribution is 0.619. The number of nitrogens with one attached hydrogen (secondary N) is 1. The highest BCUT2D eigenvalue weighted by Gasteiger charge is 2.05. The van der Waals surface area contributed by atoms with Crippen LogP contribution < -0.4 is 5.73 Å². The van der Waals surface area contributed by atoms with Crippen LogP contribution in [0.1, 0.15) is 5.56 Å². The molecule has 2 nitrogen and oxygen atoms in total. The van der Waals surface area contributed by atoms with Crippen LogP contribution in [-0.4, -0.2) is 5.17 Å². The molecule has 1 aromatic rings. The normalized spacial score (nSPS) is 10.0. The molecule has 0 saturated heterocycles. The molecular formula is C8H8BrFN2S. The van der Waals surface area contributed by atoms with Gasteiger partial charge in [0.2, 0.25) is 0 Å². The number of hydrogen-bond donors (Lipinski definition) is 2. The predicted molar refractivity (Wildman–Crippen MR) is 57.3 cm³/mol. The van der Waals surface area contributed by atoms with Crippen molar-refractivity contribution in [1.29, 1.82) is 5.41 Å². The van der Waals surface area contributed by atoms with Gasteiger partial charge in [-0.3, -0.25) is 5.41 Å². The molecular weight excluding hydrogens is 255 g/mol. The first-order valence-electron chi connectivity index (χ1n) is 3.51. The topological polar surface area (TPSA) is 49.9 Å². The quantitative estimate of drug-likeness (QED) is 0.636. The molecule has 70 valence electrons. The Morgan fingerprint density at radius 2 is 2.31 bits per heavy atom. The van der Waals surface area contributed by atoms with E-state index in [9.17, 15) is 4.39 Å². The smallest absolute Gasteiger partial charge is 0.151 e. The molecule has 0 spiro atoms. The lowest BCUT2D eigenvalue weighted by Crippen LogP contribution is -2.04. The van der Waals surface area contributed by atoms with Crippen molar-refractivity contribution in [3.8, 4) is 0 Å². The van der Waals surface area contributed by atoms with Crippen LogP contribution in [-0.2, 0) is 5.75 Å². The summed E-state index contributed by atoms with van der Waals surface area (Å²) >= 11 is 4.30. The van der Waals surface area contributed by atoms with E-state index < -0.39 is 0 Å². The molecule has 0 aliphatic heterocycles. The minimum atomic E-state index is -0.290. The predicted octanol–water partition coefficient (Wildman–Crippen LogP) is 2.71. The first kappa shape index (κ1) is 10.5. The van der Waals surface area contributed by atoms with Gasteiger partial charge in [0.05, 0.1) is 4.47 Å². The van der Waals surface area contributed by atoms with Crippen molar-refractivity contribution < 1.29 is 4.39 Å². The number of nitrogens with two attached hydrogens (primary N) is 1. The molecule has 5 heteroatoms. The maximum Gasteiger partial charge on any atom is 0.151 e. The lowest BCUT2D eigenvalue weighted by atomic mass is 10.2. The second kappa shape index (κ2) is 4.62. The van der Waals surface area contributed by atoms with Crippen LogP contribution >= 0.6 is 27.7 Å². The maximum absolute atomic E-state index is 13.0. The molecule has 1 rings (SSSR count). The van der Waals surface area contributed by atoms with Crippen LogP contribution in [0.2, 0.25) is 0 Å². The van der Waals surface area contributed by atoms with Crippen LogP contribution in [0.25, 0.3) is 0 Å². The van der Waals surface area contributed by atoms with E-state index in [1.807, 2.05) is 0 Å². The summed E-state index contributed by atoms with van der Waals surface area (Å²) in [7, 11) is 0. The van der Waals surface area contributed by atoms with E-state index in [0.29, 0.717) is 10.2 Å². The molecule has 0 amide bonds. The van der Waals surface area contributed by atoms with Gasteiger partial charge in [-0.15, -0.1) is 0 Å². The Labute approximate surface area is 88.3 Å². The average molecular weight is 263 g/mol.